The van der Waals surface area contributed by atoms with Crippen LogP contribution in [-0.2, 0) is 0 Å². The SMILES string of the molecule is CC(C)c1ccccc1NC1CC(C)N(C)CC1C. The molecule has 3 atom stereocenters. The van der Waals surface area contributed by atoms with Crippen LogP contribution in [0.25, 0.3) is 0 Å². The fraction of sp³-hybridized carbons (Fsp3) is 0.647. The average Bonchev–Trinajstić information content (AvgIpc) is 2.36. The predicted molar refractivity (Wildman–Crippen MR) is 83.8 cm³/mol. The van der Waals surface area contributed by atoms with Crippen LogP contribution in [0.1, 0.15) is 45.6 Å². The maximum absolute atomic E-state index is 3.80. The molecule has 1 aromatic carbocycles. The first-order chi connectivity index (χ1) is 8.99. The van der Waals surface area contributed by atoms with Gasteiger partial charge in [0, 0.05) is 24.3 Å². The molecule has 19 heavy (non-hydrogen) atoms. The van der Waals surface area contributed by atoms with Gasteiger partial charge in [-0.2, -0.15) is 0 Å². The van der Waals surface area contributed by atoms with Crippen molar-refractivity contribution in [2.75, 3.05) is 18.9 Å². The lowest BCUT2D eigenvalue weighted by atomic mass is 9.89. The molecule has 1 aliphatic rings. The van der Waals surface area contributed by atoms with E-state index in [9.17, 15) is 0 Å². The van der Waals surface area contributed by atoms with Gasteiger partial charge in [0.1, 0.15) is 0 Å². The summed E-state index contributed by atoms with van der Waals surface area (Å²) in [4.78, 5) is 2.47. The van der Waals surface area contributed by atoms with Crippen LogP contribution in [0.2, 0.25) is 0 Å². The Hall–Kier alpha value is -1.02. The standard InChI is InChI=1S/C17H28N2/c1-12(2)15-8-6-7-9-16(15)18-17-10-14(4)19(5)11-13(17)3/h6-9,12-14,17-18H,10-11H2,1-5H3. The molecular weight excluding hydrogens is 232 g/mol. The smallest absolute Gasteiger partial charge is 0.0377 e. The van der Waals surface area contributed by atoms with E-state index in [1.165, 1.54) is 24.2 Å². The van der Waals surface area contributed by atoms with Gasteiger partial charge < -0.3 is 10.2 Å². The van der Waals surface area contributed by atoms with Crippen LogP contribution < -0.4 is 5.32 Å². The summed E-state index contributed by atoms with van der Waals surface area (Å²) in [6.45, 7) is 10.4. The highest BCUT2D eigenvalue weighted by Gasteiger charge is 2.29. The fourth-order valence-corrected chi connectivity index (χ4v) is 3.07. The number of hydrogen-bond donors (Lipinski definition) is 1. The Kier molecular flexibility index (Phi) is 4.51. The highest BCUT2D eigenvalue weighted by atomic mass is 15.2. The van der Waals surface area contributed by atoms with Crippen molar-refractivity contribution in [1.82, 2.24) is 4.90 Å². The highest BCUT2D eigenvalue weighted by molar-refractivity contribution is 5.53. The van der Waals surface area contributed by atoms with Crippen LogP contribution in [-0.4, -0.2) is 30.6 Å². The first-order valence-corrected chi connectivity index (χ1v) is 7.54. The summed E-state index contributed by atoms with van der Waals surface area (Å²) in [5.74, 6) is 1.27. The number of nitrogens with zero attached hydrogens (tertiary/aromatic N) is 1. The monoisotopic (exact) mass is 260 g/mol. The van der Waals surface area contributed by atoms with Crippen molar-refractivity contribution in [2.24, 2.45) is 5.92 Å². The second kappa shape index (κ2) is 5.96. The van der Waals surface area contributed by atoms with Crippen molar-refractivity contribution in [3.05, 3.63) is 29.8 Å². The van der Waals surface area contributed by atoms with Gasteiger partial charge in [0.25, 0.3) is 0 Å². The molecule has 1 saturated heterocycles. The van der Waals surface area contributed by atoms with Crippen LogP contribution >= 0.6 is 0 Å². The summed E-state index contributed by atoms with van der Waals surface area (Å²) in [5.41, 5.74) is 2.76. The number of piperidine rings is 1. The molecule has 2 rings (SSSR count). The Morgan fingerprint density at radius 1 is 1.21 bits per heavy atom. The van der Waals surface area contributed by atoms with Gasteiger partial charge in [-0.1, -0.05) is 39.0 Å². The number of nitrogens with one attached hydrogen (secondary N) is 1. The van der Waals surface area contributed by atoms with E-state index >= 15 is 0 Å². The van der Waals surface area contributed by atoms with Gasteiger partial charge in [-0.3, -0.25) is 0 Å². The molecule has 0 aromatic heterocycles. The van der Waals surface area contributed by atoms with Gasteiger partial charge in [-0.25, -0.2) is 0 Å². The van der Waals surface area contributed by atoms with E-state index in [-0.39, 0.29) is 0 Å². The minimum Gasteiger partial charge on any atom is -0.382 e. The molecule has 0 radical (unpaired) electrons. The van der Waals surface area contributed by atoms with Gasteiger partial charge in [0.15, 0.2) is 0 Å². The molecular formula is C17H28N2. The maximum Gasteiger partial charge on any atom is 0.0377 e. The molecule has 1 fully saturated rings. The zero-order valence-electron chi connectivity index (χ0n) is 13.0. The molecule has 0 amide bonds. The van der Waals surface area contributed by atoms with Crippen molar-refractivity contribution >= 4 is 5.69 Å². The Morgan fingerprint density at radius 3 is 2.58 bits per heavy atom. The van der Waals surface area contributed by atoms with Crippen molar-refractivity contribution in [3.8, 4) is 0 Å². The Balaban J connectivity index is 2.13. The number of hydrogen-bond acceptors (Lipinski definition) is 2. The summed E-state index contributed by atoms with van der Waals surface area (Å²) in [5, 5.41) is 3.80. The quantitative estimate of drug-likeness (QED) is 0.885. The number of benzene rings is 1. The van der Waals surface area contributed by atoms with Crippen molar-refractivity contribution in [3.63, 3.8) is 0 Å². The summed E-state index contributed by atoms with van der Waals surface area (Å²) >= 11 is 0. The lowest BCUT2D eigenvalue weighted by molar-refractivity contribution is 0.145. The molecule has 0 aliphatic carbocycles. The van der Waals surface area contributed by atoms with E-state index in [4.69, 9.17) is 0 Å². The third-order valence-corrected chi connectivity index (χ3v) is 4.53. The lowest BCUT2D eigenvalue weighted by Crippen LogP contribution is -2.48. The largest absolute Gasteiger partial charge is 0.382 e. The first-order valence-electron chi connectivity index (χ1n) is 7.54. The zero-order valence-corrected chi connectivity index (χ0v) is 13.0. The highest BCUT2D eigenvalue weighted by Crippen LogP contribution is 2.28. The summed E-state index contributed by atoms with van der Waals surface area (Å²) in [6, 6.07) is 10.0. The molecule has 2 nitrogen and oxygen atoms in total. The van der Waals surface area contributed by atoms with Crippen molar-refractivity contribution in [1.29, 1.82) is 0 Å². The van der Waals surface area contributed by atoms with E-state index in [1.807, 2.05) is 0 Å². The molecule has 1 aromatic rings. The number of likely N-dealkylation sites (tertiary alicyclic amines) is 1. The van der Waals surface area contributed by atoms with Crippen LogP contribution in [0.3, 0.4) is 0 Å². The van der Waals surface area contributed by atoms with Gasteiger partial charge in [0.2, 0.25) is 0 Å². The average molecular weight is 260 g/mol. The third kappa shape index (κ3) is 3.30. The Labute approximate surface area is 118 Å². The predicted octanol–water partition coefficient (Wildman–Crippen LogP) is 3.95. The van der Waals surface area contributed by atoms with Gasteiger partial charge in [-0.15, -0.1) is 0 Å². The second-order valence-corrected chi connectivity index (χ2v) is 6.49. The molecule has 0 spiro atoms. The minimum absolute atomic E-state index is 0.572. The molecule has 2 heteroatoms. The van der Waals surface area contributed by atoms with E-state index in [2.05, 4.69) is 69.2 Å². The van der Waals surface area contributed by atoms with E-state index in [0.29, 0.717) is 23.9 Å². The summed E-state index contributed by atoms with van der Waals surface area (Å²) in [7, 11) is 2.24. The lowest BCUT2D eigenvalue weighted by Gasteiger charge is -2.40. The van der Waals surface area contributed by atoms with Crippen LogP contribution in [0.4, 0.5) is 5.69 Å². The van der Waals surface area contributed by atoms with Gasteiger partial charge in [0.05, 0.1) is 0 Å². The second-order valence-electron chi connectivity index (χ2n) is 6.49. The molecule has 1 N–H and O–H groups in total. The van der Waals surface area contributed by atoms with Crippen LogP contribution in [0, 0.1) is 5.92 Å². The molecule has 0 bridgehead atoms. The summed E-state index contributed by atoms with van der Waals surface area (Å²) < 4.78 is 0. The van der Waals surface area contributed by atoms with E-state index < -0.39 is 0 Å². The van der Waals surface area contributed by atoms with Gasteiger partial charge in [-0.05, 0) is 43.9 Å². The Morgan fingerprint density at radius 2 is 1.89 bits per heavy atom. The first kappa shape index (κ1) is 14.4. The number of rotatable bonds is 3. The molecule has 1 heterocycles. The fourth-order valence-electron chi connectivity index (χ4n) is 3.07. The van der Waals surface area contributed by atoms with Gasteiger partial charge >= 0.3 is 0 Å². The number of para-hydroxylation sites is 1. The van der Waals surface area contributed by atoms with Crippen LogP contribution in [0.15, 0.2) is 24.3 Å². The third-order valence-electron chi connectivity index (χ3n) is 4.53. The summed E-state index contributed by atoms with van der Waals surface area (Å²) in [6.07, 6.45) is 1.23. The van der Waals surface area contributed by atoms with E-state index in [0.717, 1.165) is 0 Å². The zero-order chi connectivity index (χ0) is 14.0. The molecule has 106 valence electrons. The normalized spacial score (nSPS) is 28.6. The van der Waals surface area contributed by atoms with Crippen molar-refractivity contribution in [2.45, 2.75) is 52.1 Å². The Bertz CT molecular complexity index is 413. The topological polar surface area (TPSA) is 15.3 Å². The van der Waals surface area contributed by atoms with E-state index in [1.54, 1.807) is 0 Å². The van der Waals surface area contributed by atoms with Crippen LogP contribution in [0.5, 0.6) is 0 Å². The van der Waals surface area contributed by atoms with Crippen molar-refractivity contribution < 1.29 is 0 Å². The molecule has 1 aliphatic heterocycles. The number of anilines is 1. The molecule has 0 saturated carbocycles. The minimum atomic E-state index is 0.572. The maximum atomic E-state index is 3.80. The molecule has 3 unspecified atom stereocenters.